The van der Waals surface area contributed by atoms with E-state index in [4.69, 9.17) is 15.5 Å². The number of anilines is 1. The Hall–Kier alpha value is -3.62. The number of aromatic nitrogens is 5. The Morgan fingerprint density at radius 3 is 3.10 bits per heavy atom. The fraction of sp³-hybridized carbons (Fsp3) is 0.333. The first-order valence-corrected chi connectivity index (χ1v) is 10.2. The summed E-state index contributed by atoms with van der Waals surface area (Å²) in [7, 11) is 0. The summed E-state index contributed by atoms with van der Waals surface area (Å²) >= 11 is 0. The molecule has 1 aliphatic heterocycles. The van der Waals surface area contributed by atoms with Crippen molar-refractivity contribution >= 4 is 33.7 Å². The molecule has 0 radical (unpaired) electrons. The summed E-state index contributed by atoms with van der Waals surface area (Å²) in [6, 6.07) is 5.52. The molecule has 1 saturated carbocycles. The molecule has 0 spiro atoms. The average molecular weight is 403 g/mol. The molecular weight excluding hydrogens is 382 g/mol. The van der Waals surface area contributed by atoms with Crippen molar-refractivity contribution in [3.8, 4) is 17.1 Å². The lowest BCUT2D eigenvalue weighted by atomic mass is 10.1. The summed E-state index contributed by atoms with van der Waals surface area (Å²) in [5, 5.41) is 11.3. The first kappa shape index (κ1) is 17.3. The number of nitrogens with one attached hydrogen (secondary N) is 2. The number of rotatable bonds is 5. The number of aryl methyl sites for hydroxylation is 1. The van der Waals surface area contributed by atoms with Crippen LogP contribution < -0.4 is 15.8 Å². The number of aromatic amines is 1. The minimum absolute atomic E-state index is 0.303. The van der Waals surface area contributed by atoms with Crippen LogP contribution in [0.1, 0.15) is 19.3 Å². The monoisotopic (exact) mass is 403 g/mol. The van der Waals surface area contributed by atoms with Gasteiger partial charge in [0, 0.05) is 35.4 Å². The predicted molar refractivity (Wildman–Crippen MR) is 112 cm³/mol. The summed E-state index contributed by atoms with van der Waals surface area (Å²) in [5.74, 6) is 1.60. The number of ether oxygens (including phenoxy) is 1. The van der Waals surface area contributed by atoms with E-state index in [0.717, 1.165) is 70.7 Å². The van der Waals surface area contributed by atoms with Crippen LogP contribution in [0.4, 0.5) is 5.69 Å². The van der Waals surface area contributed by atoms with Crippen molar-refractivity contribution in [3.05, 3.63) is 30.6 Å². The third-order valence-electron chi connectivity index (χ3n) is 5.91. The van der Waals surface area contributed by atoms with Gasteiger partial charge in [0.15, 0.2) is 5.65 Å². The van der Waals surface area contributed by atoms with Crippen molar-refractivity contribution in [1.29, 1.82) is 0 Å². The molecule has 6 rings (SSSR count). The van der Waals surface area contributed by atoms with Gasteiger partial charge in [0.1, 0.15) is 23.1 Å². The second-order valence-corrected chi connectivity index (χ2v) is 7.98. The summed E-state index contributed by atoms with van der Waals surface area (Å²) < 4.78 is 8.26. The molecule has 30 heavy (non-hydrogen) atoms. The van der Waals surface area contributed by atoms with E-state index in [9.17, 15) is 4.79 Å². The Morgan fingerprint density at radius 1 is 1.37 bits per heavy atom. The van der Waals surface area contributed by atoms with Crippen LogP contribution in [0.25, 0.3) is 33.5 Å². The zero-order valence-corrected chi connectivity index (χ0v) is 16.3. The molecule has 4 heterocycles. The number of carbonyl (C=O) groups is 1. The number of pyridine rings is 1. The van der Waals surface area contributed by atoms with Crippen molar-refractivity contribution < 1.29 is 9.53 Å². The number of carbonyl (C=O) groups excluding carboxylic acids is 1. The molecule has 0 unspecified atom stereocenters. The normalized spacial score (nSPS) is 16.9. The van der Waals surface area contributed by atoms with Crippen molar-refractivity contribution in [2.45, 2.75) is 31.8 Å². The van der Waals surface area contributed by atoms with Gasteiger partial charge in [0.2, 0.25) is 5.91 Å². The van der Waals surface area contributed by atoms with Crippen LogP contribution in [0.3, 0.4) is 0 Å². The summed E-state index contributed by atoms with van der Waals surface area (Å²) in [4.78, 5) is 21.2. The van der Waals surface area contributed by atoms with Crippen LogP contribution in [-0.2, 0) is 11.3 Å². The van der Waals surface area contributed by atoms with E-state index in [1.54, 1.807) is 12.4 Å². The van der Waals surface area contributed by atoms with Crippen molar-refractivity contribution in [3.63, 3.8) is 0 Å². The van der Waals surface area contributed by atoms with Crippen LogP contribution in [-0.4, -0.2) is 43.3 Å². The zero-order chi connectivity index (χ0) is 20.2. The lowest BCUT2D eigenvalue weighted by molar-refractivity contribution is -0.119. The Balaban J connectivity index is 1.51. The van der Waals surface area contributed by atoms with Gasteiger partial charge in [-0.25, -0.2) is 9.97 Å². The maximum Gasteiger partial charge on any atom is 0.240 e. The highest BCUT2D eigenvalue weighted by Gasteiger charge is 2.35. The molecule has 152 valence electrons. The molecule has 1 atom stereocenters. The van der Waals surface area contributed by atoms with Crippen LogP contribution in [0.2, 0.25) is 0 Å². The molecule has 1 aromatic carbocycles. The number of primary amides is 1. The third-order valence-corrected chi connectivity index (χ3v) is 5.91. The van der Waals surface area contributed by atoms with Gasteiger partial charge >= 0.3 is 0 Å². The topological polar surface area (TPSA) is 124 Å². The quantitative estimate of drug-likeness (QED) is 0.470. The van der Waals surface area contributed by atoms with Gasteiger partial charge in [-0.3, -0.25) is 9.89 Å². The molecule has 3 aromatic heterocycles. The first-order chi connectivity index (χ1) is 14.7. The van der Waals surface area contributed by atoms with Crippen molar-refractivity contribution in [1.82, 2.24) is 24.7 Å². The number of H-pyrrole nitrogens is 1. The summed E-state index contributed by atoms with van der Waals surface area (Å²) in [6.07, 6.45) is 6.46. The molecule has 1 fully saturated rings. The highest BCUT2D eigenvalue weighted by atomic mass is 16.5. The molecule has 1 amide bonds. The summed E-state index contributed by atoms with van der Waals surface area (Å²) in [5.41, 5.74) is 9.91. The number of hydrogen-bond acceptors (Lipinski definition) is 6. The number of imidazole rings is 1. The predicted octanol–water partition coefficient (Wildman–Crippen LogP) is 2.43. The van der Waals surface area contributed by atoms with E-state index in [-0.39, 0.29) is 11.9 Å². The molecule has 0 bridgehead atoms. The fourth-order valence-electron chi connectivity index (χ4n) is 4.33. The van der Waals surface area contributed by atoms with Gasteiger partial charge in [-0.1, -0.05) is 0 Å². The van der Waals surface area contributed by atoms with Crippen molar-refractivity contribution in [2.24, 2.45) is 11.7 Å². The van der Waals surface area contributed by atoms with Gasteiger partial charge < -0.3 is 20.4 Å². The Bertz CT molecular complexity index is 1290. The minimum atomic E-state index is -0.368. The van der Waals surface area contributed by atoms with Gasteiger partial charge in [-0.2, -0.15) is 5.10 Å². The number of nitrogens with zero attached hydrogens (tertiary/aromatic N) is 4. The second-order valence-electron chi connectivity index (χ2n) is 7.98. The first-order valence-electron chi connectivity index (χ1n) is 10.2. The Kier molecular flexibility index (Phi) is 3.71. The molecule has 0 saturated heterocycles. The maximum atomic E-state index is 11.9. The average Bonchev–Trinajstić information content (AvgIpc) is 3.40. The van der Waals surface area contributed by atoms with E-state index in [1.807, 2.05) is 18.2 Å². The standard InChI is InChI=1S/C21H21N7O2/c22-19(29)17(11-2-3-11)25-12-8-15-18-16(9-12)30-7-1-6-28(18)21(26-15)13-4-5-23-20-14(13)10-24-27-20/h4-5,8-11,17,25H,1-3,6-7H2,(H2,22,29)(H,23,24,27)/t17-/m1/s1. The lowest BCUT2D eigenvalue weighted by Gasteiger charge is -2.17. The SMILES string of the molecule is NC(=O)[C@H](Nc1cc2c3c(c1)nc(-c1ccnc4[nH]ncc14)n3CCCO2)C1CC1. The van der Waals surface area contributed by atoms with Crippen LogP contribution in [0.15, 0.2) is 30.6 Å². The number of hydrogen-bond donors (Lipinski definition) is 3. The zero-order valence-electron chi connectivity index (χ0n) is 16.3. The molecule has 4 aromatic rings. The smallest absolute Gasteiger partial charge is 0.240 e. The van der Waals surface area contributed by atoms with E-state index >= 15 is 0 Å². The maximum absolute atomic E-state index is 11.9. The molecule has 9 heteroatoms. The molecule has 9 nitrogen and oxygen atoms in total. The van der Waals surface area contributed by atoms with E-state index in [1.165, 1.54) is 0 Å². The van der Waals surface area contributed by atoms with Gasteiger partial charge in [-0.05, 0) is 37.3 Å². The highest BCUT2D eigenvalue weighted by molar-refractivity contribution is 5.95. The molecule has 2 aliphatic rings. The molecule has 4 N–H and O–H groups in total. The Morgan fingerprint density at radius 2 is 2.27 bits per heavy atom. The lowest BCUT2D eigenvalue weighted by Crippen LogP contribution is -2.37. The largest absolute Gasteiger partial charge is 0.491 e. The Labute approximate surface area is 171 Å². The number of benzene rings is 1. The van der Waals surface area contributed by atoms with Gasteiger partial charge in [-0.15, -0.1) is 0 Å². The van der Waals surface area contributed by atoms with Gasteiger partial charge in [0.25, 0.3) is 0 Å². The highest BCUT2D eigenvalue weighted by Crippen LogP contribution is 2.39. The van der Waals surface area contributed by atoms with Crippen LogP contribution >= 0.6 is 0 Å². The van der Waals surface area contributed by atoms with Crippen molar-refractivity contribution in [2.75, 3.05) is 11.9 Å². The van der Waals surface area contributed by atoms with E-state index < -0.39 is 0 Å². The molecular formula is C21H21N7O2. The second kappa shape index (κ2) is 6.45. The fourth-order valence-corrected chi connectivity index (χ4v) is 4.33. The van der Waals surface area contributed by atoms with E-state index in [0.29, 0.717) is 12.5 Å². The third kappa shape index (κ3) is 2.69. The minimum Gasteiger partial charge on any atom is -0.491 e. The van der Waals surface area contributed by atoms with Crippen LogP contribution in [0, 0.1) is 5.92 Å². The number of nitrogens with two attached hydrogens (primary N) is 1. The summed E-state index contributed by atoms with van der Waals surface area (Å²) in [6.45, 7) is 1.43. The number of fused-ring (bicyclic) bond motifs is 1. The van der Waals surface area contributed by atoms with Gasteiger partial charge in [0.05, 0.1) is 18.3 Å². The number of amides is 1. The van der Waals surface area contributed by atoms with Crippen LogP contribution in [0.5, 0.6) is 5.75 Å². The van der Waals surface area contributed by atoms with E-state index in [2.05, 4.69) is 25.1 Å². The molecule has 1 aliphatic carbocycles.